The van der Waals surface area contributed by atoms with Crippen molar-refractivity contribution in [3.05, 3.63) is 27.5 Å². The summed E-state index contributed by atoms with van der Waals surface area (Å²) in [5.41, 5.74) is 0.368. The fourth-order valence-electron chi connectivity index (χ4n) is 2.77. The number of thiazole rings is 1. The number of thiophene rings is 1. The molecule has 1 N–H and O–H groups in total. The Morgan fingerprint density at radius 2 is 2.17 bits per heavy atom. The number of carbonyl (C=O) groups is 2. The van der Waals surface area contributed by atoms with Gasteiger partial charge in [0.05, 0.1) is 15.1 Å². The Morgan fingerprint density at radius 1 is 1.39 bits per heavy atom. The van der Waals surface area contributed by atoms with Crippen molar-refractivity contribution in [2.75, 3.05) is 13.1 Å². The highest BCUT2D eigenvalue weighted by molar-refractivity contribution is 7.23. The van der Waals surface area contributed by atoms with Gasteiger partial charge >= 0.3 is 5.97 Å². The number of carbonyl (C=O) groups excluding carboxylic acids is 1. The number of halogens is 1. The maximum Gasteiger partial charge on any atom is 0.308 e. The van der Waals surface area contributed by atoms with E-state index in [0.29, 0.717) is 23.0 Å². The molecule has 0 bridgehead atoms. The number of carboxylic acids is 1. The SMILES string of the molecule is CC1CC(C(=O)O)CN(C(=O)c2csc(-c3ccc(Cl)s3)n2)C1. The van der Waals surface area contributed by atoms with Crippen molar-refractivity contribution in [1.82, 2.24) is 9.88 Å². The number of likely N-dealkylation sites (tertiary alicyclic amines) is 1. The van der Waals surface area contributed by atoms with E-state index in [9.17, 15) is 14.7 Å². The molecule has 0 saturated carbocycles. The van der Waals surface area contributed by atoms with E-state index >= 15 is 0 Å². The molecule has 1 aliphatic heterocycles. The summed E-state index contributed by atoms with van der Waals surface area (Å²) >= 11 is 8.74. The number of amides is 1. The predicted octanol–water partition coefficient (Wildman–Crippen LogP) is 3.71. The van der Waals surface area contributed by atoms with Crippen molar-refractivity contribution < 1.29 is 14.7 Å². The van der Waals surface area contributed by atoms with Crippen LogP contribution in [0.5, 0.6) is 0 Å². The van der Waals surface area contributed by atoms with Gasteiger partial charge in [-0.05, 0) is 24.5 Å². The minimum Gasteiger partial charge on any atom is -0.481 e. The maximum absolute atomic E-state index is 12.6. The third-order valence-corrected chi connectivity index (χ3v) is 6.05. The van der Waals surface area contributed by atoms with E-state index < -0.39 is 11.9 Å². The number of piperidine rings is 1. The Morgan fingerprint density at radius 3 is 2.83 bits per heavy atom. The van der Waals surface area contributed by atoms with Crippen LogP contribution >= 0.6 is 34.3 Å². The second-order valence-corrected chi connectivity index (χ2v) is 8.30. The van der Waals surface area contributed by atoms with E-state index in [1.807, 2.05) is 13.0 Å². The van der Waals surface area contributed by atoms with E-state index in [4.69, 9.17) is 11.6 Å². The lowest BCUT2D eigenvalue weighted by atomic mass is 9.90. The molecule has 2 aromatic rings. The minimum absolute atomic E-state index is 0.169. The van der Waals surface area contributed by atoms with Crippen LogP contribution < -0.4 is 0 Å². The summed E-state index contributed by atoms with van der Waals surface area (Å²) in [6.07, 6.45) is 0.606. The fraction of sp³-hybridized carbons (Fsp3) is 0.400. The Hall–Kier alpha value is -1.44. The third-order valence-electron chi connectivity index (χ3n) is 3.80. The lowest BCUT2D eigenvalue weighted by Crippen LogP contribution is -2.45. The molecule has 3 heterocycles. The summed E-state index contributed by atoms with van der Waals surface area (Å²) in [4.78, 5) is 30.8. The van der Waals surface area contributed by atoms with Gasteiger partial charge in [-0.15, -0.1) is 22.7 Å². The van der Waals surface area contributed by atoms with Gasteiger partial charge in [-0.25, -0.2) is 4.98 Å². The molecule has 3 rings (SSSR count). The summed E-state index contributed by atoms with van der Waals surface area (Å²) < 4.78 is 0.678. The Balaban J connectivity index is 1.77. The van der Waals surface area contributed by atoms with Crippen LogP contribution in [0, 0.1) is 11.8 Å². The van der Waals surface area contributed by atoms with Crippen molar-refractivity contribution in [1.29, 1.82) is 0 Å². The van der Waals surface area contributed by atoms with Gasteiger partial charge in [0.15, 0.2) is 0 Å². The molecule has 0 aromatic carbocycles. The molecule has 1 fully saturated rings. The van der Waals surface area contributed by atoms with Crippen LogP contribution in [0.15, 0.2) is 17.5 Å². The zero-order chi connectivity index (χ0) is 16.6. The van der Waals surface area contributed by atoms with E-state index in [1.54, 1.807) is 16.3 Å². The highest BCUT2D eigenvalue weighted by Gasteiger charge is 2.33. The summed E-state index contributed by atoms with van der Waals surface area (Å²) in [5.74, 6) is -1.38. The Kier molecular flexibility index (Phi) is 4.70. The summed E-state index contributed by atoms with van der Waals surface area (Å²) in [6, 6.07) is 3.68. The minimum atomic E-state index is -0.846. The number of nitrogens with zero attached hydrogens (tertiary/aromatic N) is 2. The molecule has 0 aliphatic carbocycles. The molecule has 1 saturated heterocycles. The van der Waals surface area contributed by atoms with Crippen LogP contribution in [0.2, 0.25) is 4.34 Å². The van der Waals surface area contributed by atoms with Gasteiger partial charge in [0, 0.05) is 18.5 Å². The van der Waals surface area contributed by atoms with Gasteiger partial charge in [-0.2, -0.15) is 0 Å². The van der Waals surface area contributed by atoms with E-state index in [1.165, 1.54) is 22.7 Å². The first-order valence-corrected chi connectivity index (χ1v) is 9.24. The average Bonchev–Trinajstić information content (AvgIpc) is 3.14. The summed E-state index contributed by atoms with van der Waals surface area (Å²) in [6.45, 7) is 2.78. The van der Waals surface area contributed by atoms with E-state index in [-0.39, 0.29) is 18.4 Å². The fourth-order valence-corrected chi connectivity index (χ4v) is 4.68. The van der Waals surface area contributed by atoms with Gasteiger partial charge in [0.2, 0.25) is 0 Å². The molecule has 5 nitrogen and oxygen atoms in total. The smallest absolute Gasteiger partial charge is 0.308 e. The number of aliphatic carboxylic acids is 1. The summed E-state index contributed by atoms with van der Waals surface area (Å²) in [7, 11) is 0. The van der Waals surface area contributed by atoms with Gasteiger partial charge < -0.3 is 10.0 Å². The van der Waals surface area contributed by atoms with Crippen molar-refractivity contribution in [2.24, 2.45) is 11.8 Å². The number of aromatic nitrogens is 1. The molecule has 2 unspecified atom stereocenters. The van der Waals surface area contributed by atoms with Crippen LogP contribution in [0.3, 0.4) is 0 Å². The third kappa shape index (κ3) is 3.57. The molecule has 1 amide bonds. The highest BCUT2D eigenvalue weighted by Crippen LogP contribution is 2.33. The van der Waals surface area contributed by atoms with Crippen molar-refractivity contribution in [3.8, 4) is 9.88 Å². The molecule has 122 valence electrons. The Bertz CT molecular complexity index is 743. The number of hydrogen-bond acceptors (Lipinski definition) is 5. The first-order chi connectivity index (χ1) is 10.9. The van der Waals surface area contributed by atoms with Crippen LogP contribution in [-0.2, 0) is 4.79 Å². The van der Waals surface area contributed by atoms with Crippen molar-refractivity contribution >= 4 is 46.2 Å². The Labute approximate surface area is 146 Å². The standard InChI is InChI=1S/C15H15ClN2O3S2/c1-8-4-9(15(20)21)6-18(5-8)14(19)10-7-22-13(17-10)11-2-3-12(16)23-11/h2-3,7-9H,4-6H2,1H3,(H,20,21). The molecular formula is C15H15ClN2O3S2. The zero-order valence-corrected chi connectivity index (χ0v) is 14.7. The number of hydrogen-bond donors (Lipinski definition) is 1. The monoisotopic (exact) mass is 370 g/mol. The molecule has 23 heavy (non-hydrogen) atoms. The van der Waals surface area contributed by atoms with Gasteiger partial charge in [-0.3, -0.25) is 9.59 Å². The van der Waals surface area contributed by atoms with Crippen molar-refractivity contribution in [3.63, 3.8) is 0 Å². The summed E-state index contributed by atoms with van der Waals surface area (Å²) in [5, 5.41) is 11.7. The first kappa shape index (κ1) is 16.4. The number of rotatable bonds is 3. The molecule has 0 radical (unpaired) electrons. The molecule has 1 aliphatic rings. The van der Waals surface area contributed by atoms with Gasteiger partial charge in [0.25, 0.3) is 5.91 Å². The quantitative estimate of drug-likeness (QED) is 0.894. The zero-order valence-electron chi connectivity index (χ0n) is 12.4. The second kappa shape index (κ2) is 6.59. The topological polar surface area (TPSA) is 70.5 Å². The van der Waals surface area contributed by atoms with Crippen LogP contribution in [-0.4, -0.2) is 40.0 Å². The van der Waals surface area contributed by atoms with Crippen molar-refractivity contribution in [2.45, 2.75) is 13.3 Å². The average molecular weight is 371 g/mol. The second-order valence-electron chi connectivity index (χ2n) is 5.73. The van der Waals surface area contributed by atoms with Crippen LogP contribution in [0.25, 0.3) is 9.88 Å². The first-order valence-electron chi connectivity index (χ1n) is 7.17. The van der Waals surface area contributed by atoms with E-state index in [0.717, 1.165) is 9.88 Å². The highest BCUT2D eigenvalue weighted by atomic mass is 35.5. The molecule has 0 spiro atoms. The van der Waals surface area contributed by atoms with Crippen LogP contribution in [0.4, 0.5) is 0 Å². The van der Waals surface area contributed by atoms with Gasteiger partial charge in [0.1, 0.15) is 10.7 Å². The lowest BCUT2D eigenvalue weighted by Gasteiger charge is -2.34. The largest absolute Gasteiger partial charge is 0.481 e. The normalized spacial score (nSPS) is 21.4. The van der Waals surface area contributed by atoms with E-state index in [2.05, 4.69) is 4.98 Å². The van der Waals surface area contributed by atoms with Gasteiger partial charge in [-0.1, -0.05) is 18.5 Å². The predicted molar refractivity (Wildman–Crippen MR) is 91.2 cm³/mol. The molecule has 8 heteroatoms. The maximum atomic E-state index is 12.6. The molecular weight excluding hydrogens is 356 g/mol. The molecule has 2 atom stereocenters. The molecule has 2 aromatic heterocycles. The van der Waals surface area contributed by atoms with Crippen LogP contribution in [0.1, 0.15) is 23.8 Å². The lowest BCUT2D eigenvalue weighted by molar-refractivity contribution is -0.143. The number of carboxylic acid groups (broad SMARTS) is 1.